The molecule has 7 heteroatoms. The maximum Gasteiger partial charge on any atom is 0.238 e. The Morgan fingerprint density at radius 3 is 2.43 bits per heavy atom. The van der Waals surface area contributed by atoms with Crippen molar-refractivity contribution in [2.75, 3.05) is 51.6 Å². The molecule has 0 spiro atoms. The van der Waals surface area contributed by atoms with Crippen LogP contribution in [0.5, 0.6) is 0 Å². The Kier molecular flexibility index (Phi) is 7.85. The first-order chi connectivity index (χ1) is 14.4. The molecule has 0 unspecified atom stereocenters. The fourth-order valence-corrected chi connectivity index (χ4v) is 3.74. The summed E-state index contributed by atoms with van der Waals surface area (Å²) in [6.45, 7) is 6.07. The number of aryl methyl sites for hydroxylation is 1. The number of hydrogen-bond acceptors (Lipinski definition) is 4. The van der Waals surface area contributed by atoms with Gasteiger partial charge in [-0.05, 0) is 43.8 Å². The van der Waals surface area contributed by atoms with E-state index in [1.807, 2.05) is 72.3 Å². The highest BCUT2D eigenvalue weighted by Crippen LogP contribution is 2.13. The van der Waals surface area contributed by atoms with Crippen molar-refractivity contribution in [2.45, 2.75) is 13.5 Å². The number of nitrogens with zero attached hydrogens (tertiary/aromatic N) is 3. The lowest BCUT2D eigenvalue weighted by Crippen LogP contribution is -2.52. The molecule has 0 radical (unpaired) electrons. The van der Waals surface area contributed by atoms with E-state index in [1.54, 1.807) is 0 Å². The van der Waals surface area contributed by atoms with Gasteiger partial charge >= 0.3 is 0 Å². The van der Waals surface area contributed by atoms with Crippen molar-refractivity contribution in [1.29, 1.82) is 0 Å². The van der Waals surface area contributed by atoms with Gasteiger partial charge in [0, 0.05) is 43.4 Å². The Bertz CT molecular complexity index is 864. The number of amides is 2. The molecule has 160 valence electrons. The molecule has 1 aliphatic heterocycles. The van der Waals surface area contributed by atoms with E-state index >= 15 is 0 Å². The molecular weight excluding hydrogens is 400 g/mol. The second-order valence-corrected chi connectivity index (χ2v) is 8.31. The van der Waals surface area contributed by atoms with Gasteiger partial charge in [0.05, 0.1) is 13.1 Å². The summed E-state index contributed by atoms with van der Waals surface area (Å²) in [7, 11) is 1.93. The molecule has 30 heavy (non-hydrogen) atoms. The van der Waals surface area contributed by atoms with Gasteiger partial charge in [-0.2, -0.15) is 0 Å². The summed E-state index contributed by atoms with van der Waals surface area (Å²) in [5.41, 5.74) is 3.05. The van der Waals surface area contributed by atoms with Crippen molar-refractivity contribution in [3.05, 3.63) is 64.7 Å². The second kappa shape index (κ2) is 10.6. The summed E-state index contributed by atoms with van der Waals surface area (Å²) >= 11 is 6.03. The number of benzene rings is 2. The molecule has 1 aliphatic rings. The quantitative estimate of drug-likeness (QED) is 0.736. The van der Waals surface area contributed by atoms with Gasteiger partial charge in [-0.15, -0.1) is 0 Å². The molecule has 1 fully saturated rings. The first-order valence-electron chi connectivity index (χ1n) is 10.2. The smallest absolute Gasteiger partial charge is 0.238 e. The monoisotopic (exact) mass is 428 g/mol. The number of rotatable bonds is 7. The molecule has 0 bridgehead atoms. The third-order valence-electron chi connectivity index (χ3n) is 5.17. The lowest BCUT2D eigenvalue weighted by Gasteiger charge is -2.35. The summed E-state index contributed by atoms with van der Waals surface area (Å²) < 4.78 is 0. The number of likely N-dealkylation sites (N-methyl/N-ethyl adjacent to an activating group) is 1. The normalized spacial score (nSPS) is 14.7. The molecular formula is C23H29ClN4O2. The predicted molar refractivity (Wildman–Crippen MR) is 121 cm³/mol. The number of carbonyl (C=O) groups is 2. The summed E-state index contributed by atoms with van der Waals surface area (Å²) in [6, 6.07) is 15.5. The van der Waals surface area contributed by atoms with Crippen LogP contribution in [0.3, 0.4) is 0 Å². The van der Waals surface area contributed by atoms with E-state index in [0.717, 1.165) is 16.8 Å². The third-order valence-corrected chi connectivity index (χ3v) is 5.41. The molecule has 0 aromatic heterocycles. The minimum Gasteiger partial charge on any atom is -0.339 e. The van der Waals surface area contributed by atoms with Gasteiger partial charge in [0.25, 0.3) is 0 Å². The fraction of sp³-hybridized carbons (Fsp3) is 0.391. The fourth-order valence-electron chi connectivity index (χ4n) is 3.53. The van der Waals surface area contributed by atoms with Crippen molar-refractivity contribution in [3.8, 4) is 0 Å². The summed E-state index contributed by atoms with van der Waals surface area (Å²) in [4.78, 5) is 30.9. The molecule has 0 aliphatic carbocycles. The van der Waals surface area contributed by atoms with Gasteiger partial charge < -0.3 is 10.2 Å². The average Bonchev–Trinajstić information content (AvgIpc) is 2.70. The van der Waals surface area contributed by atoms with Gasteiger partial charge in [-0.3, -0.25) is 19.4 Å². The molecule has 6 nitrogen and oxygen atoms in total. The molecule has 1 saturated heterocycles. The maximum absolute atomic E-state index is 12.6. The second-order valence-electron chi connectivity index (χ2n) is 7.87. The molecule has 2 aromatic carbocycles. The van der Waals surface area contributed by atoms with Gasteiger partial charge in [-0.25, -0.2) is 0 Å². The van der Waals surface area contributed by atoms with E-state index in [0.29, 0.717) is 50.8 Å². The Labute approximate surface area is 183 Å². The Morgan fingerprint density at radius 1 is 1.07 bits per heavy atom. The highest BCUT2D eigenvalue weighted by Gasteiger charge is 2.23. The molecule has 2 amide bonds. The number of anilines is 1. The van der Waals surface area contributed by atoms with Crippen LogP contribution >= 0.6 is 11.6 Å². The third kappa shape index (κ3) is 6.83. The predicted octanol–water partition coefficient (Wildman–Crippen LogP) is 2.86. The Morgan fingerprint density at radius 2 is 1.77 bits per heavy atom. The van der Waals surface area contributed by atoms with E-state index in [9.17, 15) is 9.59 Å². The van der Waals surface area contributed by atoms with Crippen LogP contribution in [0.25, 0.3) is 0 Å². The van der Waals surface area contributed by atoms with Crippen LogP contribution < -0.4 is 5.32 Å². The van der Waals surface area contributed by atoms with E-state index in [2.05, 4.69) is 10.2 Å². The molecule has 1 N–H and O–H groups in total. The van der Waals surface area contributed by atoms with Crippen molar-refractivity contribution in [3.63, 3.8) is 0 Å². The average molecular weight is 429 g/mol. The molecule has 3 rings (SSSR count). The summed E-state index contributed by atoms with van der Waals surface area (Å²) in [6.07, 6.45) is 0. The molecule has 0 saturated carbocycles. The first kappa shape index (κ1) is 22.3. The zero-order valence-electron chi connectivity index (χ0n) is 17.6. The minimum absolute atomic E-state index is 0.0279. The lowest BCUT2D eigenvalue weighted by molar-refractivity contribution is -0.134. The van der Waals surface area contributed by atoms with Crippen LogP contribution in [0.1, 0.15) is 11.1 Å². The van der Waals surface area contributed by atoms with Crippen molar-refractivity contribution in [1.82, 2.24) is 14.7 Å². The summed E-state index contributed by atoms with van der Waals surface area (Å²) in [5.74, 6) is 0.0863. The van der Waals surface area contributed by atoms with Crippen LogP contribution in [-0.2, 0) is 16.1 Å². The van der Waals surface area contributed by atoms with E-state index in [-0.39, 0.29) is 11.8 Å². The lowest BCUT2D eigenvalue weighted by atomic mass is 10.2. The van der Waals surface area contributed by atoms with Crippen LogP contribution in [0.4, 0.5) is 5.69 Å². The number of piperazine rings is 1. The number of nitrogens with one attached hydrogen (secondary N) is 1. The standard InChI is InChI=1S/C23H29ClN4O2/c1-18-6-8-21(9-7-18)25-22(29)16-27-10-12-28(13-11-27)23(30)17-26(2)15-19-4-3-5-20(24)14-19/h3-9,14H,10-13,15-17H2,1-2H3,(H,25,29). The van der Waals surface area contributed by atoms with Gasteiger partial charge in [0.1, 0.15) is 0 Å². The maximum atomic E-state index is 12.6. The molecule has 2 aromatic rings. The van der Waals surface area contributed by atoms with Crippen molar-refractivity contribution >= 4 is 29.1 Å². The van der Waals surface area contributed by atoms with Gasteiger partial charge in [-0.1, -0.05) is 41.4 Å². The zero-order chi connectivity index (χ0) is 21.5. The number of hydrogen-bond donors (Lipinski definition) is 1. The Hall–Kier alpha value is -2.41. The number of halogens is 1. The van der Waals surface area contributed by atoms with Crippen LogP contribution in [0.15, 0.2) is 48.5 Å². The van der Waals surface area contributed by atoms with Gasteiger partial charge in [0.2, 0.25) is 11.8 Å². The summed E-state index contributed by atoms with van der Waals surface area (Å²) in [5, 5.41) is 3.63. The first-order valence-corrected chi connectivity index (χ1v) is 10.6. The SMILES string of the molecule is Cc1ccc(NC(=O)CN2CCN(C(=O)CN(C)Cc3cccc(Cl)c3)CC2)cc1. The van der Waals surface area contributed by atoms with Crippen LogP contribution in [-0.4, -0.2) is 72.8 Å². The molecule has 1 heterocycles. The van der Waals surface area contributed by atoms with E-state index in [1.165, 1.54) is 0 Å². The van der Waals surface area contributed by atoms with Crippen molar-refractivity contribution < 1.29 is 9.59 Å². The van der Waals surface area contributed by atoms with E-state index < -0.39 is 0 Å². The van der Waals surface area contributed by atoms with E-state index in [4.69, 9.17) is 11.6 Å². The van der Waals surface area contributed by atoms with Crippen molar-refractivity contribution in [2.24, 2.45) is 0 Å². The van der Waals surface area contributed by atoms with Gasteiger partial charge in [0.15, 0.2) is 0 Å². The zero-order valence-corrected chi connectivity index (χ0v) is 18.4. The molecule has 0 atom stereocenters. The minimum atomic E-state index is -0.0279. The largest absolute Gasteiger partial charge is 0.339 e. The topological polar surface area (TPSA) is 55.9 Å². The number of carbonyl (C=O) groups excluding carboxylic acids is 2. The van der Waals surface area contributed by atoms with Crippen LogP contribution in [0, 0.1) is 6.92 Å². The van der Waals surface area contributed by atoms with Crippen LogP contribution in [0.2, 0.25) is 5.02 Å². The highest BCUT2D eigenvalue weighted by atomic mass is 35.5. The Balaban J connectivity index is 1.39. The highest BCUT2D eigenvalue weighted by molar-refractivity contribution is 6.30.